The first kappa shape index (κ1) is 29.4. The van der Waals surface area contributed by atoms with Gasteiger partial charge in [0.15, 0.2) is 5.58 Å². The smallest absolute Gasteiger partial charge is 0.335 e. The Kier molecular flexibility index (Phi) is 8.85. The van der Waals surface area contributed by atoms with Gasteiger partial charge in [-0.2, -0.15) is 0 Å². The maximum atomic E-state index is 13.6. The zero-order valence-electron chi connectivity index (χ0n) is 23.4. The van der Waals surface area contributed by atoms with Crippen LogP contribution in [0.25, 0.3) is 11.1 Å². The Morgan fingerprint density at radius 2 is 1.54 bits per heavy atom. The summed E-state index contributed by atoms with van der Waals surface area (Å²) in [5, 5.41) is 14.7. The third kappa shape index (κ3) is 6.45. The van der Waals surface area contributed by atoms with E-state index in [1.807, 2.05) is 0 Å². The highest BCUT2D eigenvalue weighted by atomic mass is 16.4. The van der Waals surface area contributed by atoms with Crippen LogP contribution in [0.1, 0.15) is 71.9 Å². The van der Waals surface area contributed by atoms with Crippen LogP contribution in [0.5, 0.6) is 0 Å². The first-order valence-electron chi connectivity index (χ1n) is 13.6. The predicted octanol–water partition coefficient (Wildman–Crippen LogP) is 3.30. The molecular weight excluding hydrogens is 528 g/mol. The number of oxazole rings is 1. The number of hydrogen-bond donors (Lipinski definition) is 3. The number of aromatic carboxylic acids is 1. The molecule has 41 heavy (non-hydrogen) atoms. The molecule has 3 atom stereocenters. The molecule has 1 unspecified atom stereocenters. The molecule has 3 aromatic rings. The van der Waals surface area contributed by atoms with Gasteiger partial charge >= 0.3 is 5.97 Å². The summed E-state index contributed by atoms with van der Waals surface area (Å²) in [6.07, 6.45) is 1.000. The van der Waals surface area contributed by atoms with Crippen LogP contribution in [-0.4, -0.2) is 69.1 Å². The van der Waals surface area contributed by atoms with Gasteiger partial charge in [-0.3, -0.25) is 19.2 Å². The van der Waals surface area contributed by atoms with E-state index in [0.717, 1.165) is 0 Å². The lowest BCUT2D eigenvalue weighted by Crippen LogP contribution is -2.57. The fourth-order valence-electron chi connectivity index (χ4n) is 4.88. The Morgan fingerprint density at radius 3 is 2.15 bits per heavy atom. The number of amides is 3. The molecule has 3 N–H and O–H groups in total. The molecule has 2 heterocycles. The number of Topliss-reactive ketones (excluding diaryl/α,β-unsaturated/α-hetero) is 1. The first-order chi connectivity index (χ1) is 19.5. The van der Waals surface area contributed by atoms with Crippen LogP contribution in [0.15, 0.2) is 52.9 Å². The highest BCUT2D eigenvalue weighted by Gasteiger charge is 2.40. The summed E-state index contributed by atoms with van der Waals surface area (Å²) in [6.45, 7) is 7.51. The fourth-order valence-corrected chi connectivity index (χ4v) is 4.88. The zero-order chi connectivity index (χ0) is 29.8. The van der Waals surface area contributed by atoms with Crippen molar-refractivity contribution in [2.75, 3.05) is 6.54 Å². The second-order valence-corrected chi connectivity index (χ2v) is 10.8. The second kappa shape index (κ2) is 12.3. The normalized spacial score (nSPS) is 16.5. The maximum absolute atomic E-state index is 13.6. The van der Waals surface area contributed by atoms with E-state index in [-0.39, 0.29) is 28.9 Å². The summed E-state index contributed by atoms with van der Waals surface area (Å²) in [6, 6.07) is 9.75. The summed E-state index contributed by atoms with van der Waals surface area (Å²) in [5.41, 5.74) is 1.26. The molecule has 4 rings (SSSR count). The Labute approximate surface area is 237 Å². The Bertz CT molecular complexity index is 1430. The molecule has 0 bridgehead atoms. The van der Waals surface area contributed by atoms with Gasteiger partial charge in [-0.1, -0.05) is 39.8 Å². The number of aromatic nitrogens is 1. The molecular formula is C30H34N4O7. The molecule has 11 heteroatoms. The summed E-state index contributed by atoms with van der Waals surface area (Å²) in [7, 11) is 0. The van der Waals surface area contributed by atoms with Gasteiger partial charge in [0, 0.05) is 12.1 Å². The van der Waals surface area contributed by atoms with E-state index in [2.05, 4.69) is 15.6 Å². The lowest BCUT2D eigenvalue weighted by Gasteiger charge is -2.31. The number of para-hydroxylation sites is 2. The van der Waals surface area contributed by atoms with Gasteiger partial charge in [0.2, 0.25) is 17.6 Å². The minimum absolute atomic E-state index is 0.0400. The third-order valence-electron chi connectivity index (χ3n) is 7.20. The van der Waals surface area contributed by atoms with Crippen LogP contribution >= 0.6 is 0 Å². The largest absolute Gasteiger partial charge is 0.478 e. The minimum atomic E-state index is -1.11. The average Bonchev–Trinajstić information content (AvgIpc) is 3.61. The van der Waals surface area contributed by atoms with Crippen molar-refractivity contribution in [2.24, 2.45) is 11.8 Å². The second-order valence-electron chi connectivity index (χ2n) is 10.8. The van der Waals surface area contributed by atoms with E-state index in [9.17, 15) is 24.0 Å². The molecule has 3 amide bonds. The highest BCUT2D eigenvalue weighted by Crippen LogP contribution is 2.23. The van der Waals surface area contributed by atoms with Crippen molar-refractivity contribution in [2.45, 2.75) is 58.7 Å². The number of rotatable bonds is 10. The van der Waals surface area contributed by atoms with Gasteiger partial charge in [-0.05, 0) is 61.1 Å². The molecule has 1 aliphatic rings. The molecule has 1 aromatic heterocycles. The summed E-state index contributed by atoms with van der Waals surface area (Å²) >= 11 is 0. The number of carbonyl (C=O) groups is 5. The number of nitrogens with zero attached hydrogens (tertiary/aromatic N) is 2. The van der Waals surface area contributed by atoms with Gasteiger partial charge < -0.3 is 25.1 Å². The third-order valence-corrected chi connectivity index (χ3v) is 7.20. The highest BCUT2D eigenvalue weighted by molar-refractivity contribution is 6.02. The van der Waals surface area contributed by atoms with Crippen LogP contribution in [0.4, 0.5) is 0 Å². The summed E-state index contributed by atoms with van der Waals surface area (Å²) in [5.74, 6) is -3.62. The lowest BCUT2D eigenvalue weighted by molar-refractivity contribution is -0.140. The monoisotopic (exact) mass is 562 g/mol. The standard InChI is InChI=1S/C30H34N4O7/c1-16(2)23(25(35)28-31-20-8-5-6-10-22(20)41-28)32-27(37)21-9-7-15-34(21)29(38)24(17(3)4)33-26(36)18-11-13-19(14-12-18)30(39)40/h5-6,8,10-14,16-17,21,23-24H,7,9,15H2,1-4H3,(H,32,37)(H,33,36)(H,39,40)/t21-,23?,24-/m0/s1. The molecule has 0 aliphatic carbocycles. The molecule has 0 radical (unpaired) electrons. The average molecular weight is 563 g/mol. The lowest BCUT2D eigenvalue weighted by atomic mass is 9.98. The number of likely N-dealkylation sites (tertiary alicyclic amines) is 1. The van der Waals surface area contributed by atoms with Crippen molar-refractivity contribution in [1.29, 1.82) is 0 Å². The van der Waals surface area contributed by atoms with E-state index in [1.54, 1.807) is 52.0 Å². The van der Waals surface area contributed by atoms with Gasteiger partial charge in [0.05, 0.1) is 11.6 Å². The number of fused-ring (bicyclic) bond motifs is 1. The molecule has 11 nitrogen and oxygen atoms in total. The van der Waals surface area contributed by atoms with E-state index < -0.39 is 47.6 Å². The molecule has 1 fully saturated rings. The molecule has 0 spiro atoms. The van der Waals surface area contributed by atoms with Crippen molar-refractivity contribution in [3.8, 4) is 0 Å². The van der Waals surface area contributed by atoms with Gasteiger partial charge in [0.25, 0.3) is 11.8 Å². The van der Waals surface area contributed by atoms with Crippen LogP contribution < -0.4 is 10.6 Å². The van der Waals surface area contributed by atoms with Crippen LogP contribution in [-0.2, 0) is 9.59 Å². The fraction of sp³-hybridized carbons (Fsp3) is 0.400. The van der Waals surface area contributed by atoms with E-state index in [0.29, 0.717) is 30.5 Å². The summed E-state index contributed by atoms with van der Waals surface area (Å²) < 4.78 is 5.63. The van der Waals surface area contributed by atoms with Gasteiger partial charge in [0.1, 0.15) is 17.6 Å². The topological polar surface area (TPSA) is 159 Å². The molecule has 216 valence electrons. The quantitative estimate of drug-likeness (QED) is 0.318. The molecule has 0 saturated carbocycles. The first-order valence-corrected chi connectivity index (χ1v) is 13.6. The summed E-state index contributed by atoms with van der Waals surface area (Å²) in [4.78, 5) is 70.2. The van der Waals surface area contributed by atoms with Crippen molar-refractivity contribution in [1.82, 2.24) is 20.5 Å². The zero-order valence-corrected chi connectivity index (χ0v) is 23.4. The maximum Gasteiger partial charge on any atom is 0.335 e. The van der Waals surface area contributed by atoms with Gasteiger partial charge in [-0.25, -0.2) is 9.78 Å². The van der Waals surface area contributed by atoms with E-state index in [1.165, 1.54) is 29.2 Å². The number of carbonyl (C=O) groups excluding carboxylic acids is 4. The molecule has 1 saturated heterocycles. The molecule has 1 aliphatic heterocycles. The number of carboxylic acid groups (broad SMARTS) is 1. The SMILES string of the molecule is CC(C)C(NC(=O)[C@@H]1CCCN1C(=O)[C@@H](NC(=O)c1ccc(C(=O)O)cc1)C(C)C)C(=O)c1nc2ccccc2o1. The number of ketones is 1. The number of hydrogen-bond acceptors (Lipinski definition) is 7. The van der Waals surface area contributed by atoms with Crippen molar-refractivity contribution in [3.05, 3.63) is 65.5 Å². The number of carboxylic acids is 1. The Hall–Kier alpha value is -4.54. The van der Waals surface area contributed by atoms with Crippen LogP contribution in [0, 0.1) is 11.8 Å². The number of benzene rings is 2. The van der Waals surface area contributed by atoms with Gasteiger partial charge in [-0.15, -0.1) is 0 Å². The van der Waals surface area contributed by atoms with Crippen LogP contribution in [0.3, 0.4) is 0 Å². The van der Waals surface area contributed by atoms with Crippen molar-refractivity contribution in [3.63, 3.8) is 0 Å². The minimum Gasteiger partial charge on any atom is -0.478 e. The Morgan fingerprint density at radius 1 is 0.902 bits per heavy atom. The van der Waals surface area contributed by atoms with E-state index in [4.69, 9.17) is 9.52 Å². The number of nitrogens with one attached hydrogen (secondary N) is 2. The van der Waals surface area contributed by atoms with Crippen molar-refractivity contribution >= 4 is 40.6 Å². The predicted molar refractivity (Wildman–Crippen MR) is 149 cm³/mol. The Balaban J connectivity index is 1.47. The van der Waals surface area contributed by atoms with Crippen molar-refractivity contribution < 1.29 is 33.5 Å². The molecule has 2 aromatic carbocycles. The van der Waals surface area contributed by atoms with E-state index >= 15 is 0 Å². The van der Waals surface area contributed by atoms with Crippen LogP contribution in [0.2, 0.25) is 0 Å².